The zero-order valence-corrected chi connectivity index (χ0v) is 31.9. The van der Waals surface area contributed by atoms with E-state index in [2.05, 4.69) is 13.8 Å². The lowest BCUT2D eigenvalue weighted by Crippen LogP contribution is -2.77. The second-order valence-electron chi connectivity index (χ2n) is 19.1. The van der Waals surface area contributed by atoms with Crippen molar-refractivity contribution in [1.29, 1.82) is 0 Å². The number of hydrogen-bond acceptors (Lipinski definition) is 15. The van der Waals surface area contributed by atoms with Crippen molar-refractivity contribution in [3.8, 4) is 0 Å². The highest BCUT2D eigenvalue weighted by Gasteiger charge is 2.77. The summed E-state index contributed by atoms with van der Waals surface area (Å²) < 4.78 is 31.0. The number of aliphatic hydroxyl groups is 9. The molecule has 4 saturated heterocycles. The van der Waals surface area contributed by atoms with E-state index in [1.807, 2.05) is 13.8 Å². The van der Waals surface area contributed by atoms with Gasteiger partial charge in [0.2, 0.25) is 0 Å². The van der Waals surface area contributed by atoms with Crippen LogP contribution in [0.4, 0.5) is 0 Å². The minimum Gasteiger partial charge on any atom is -0.394 e. The van der Waals surface area contributed by atoms with Gasteiger partial charge in [-0.2, -0.15) is 0 Å². The number of aliphatic hydroxyl groups excluding tert-OH is 7. The molecule has 4 saturated carbocycles. The summed E-state index contributed by atoms with van der Waals surface area (Å²) in [5.41, 5.74) is -4.73. The molecule has 308 valence electrons. The van der Waals surface area contributed by atoms with Crippen molar-refractivity contribution in [2.24, 2.45) is 46.3 Å². The molecule has 8 aliphatic rings. The SMILES string of the molecule is C[C@@H]1O[C@@H]([C@]2(O)[C@H](O[C@H]3CC[C@@]4(C)[C@H](C3)C(=O)C[C@@H]3[C@@H]4CC[C@@]4(C)[C@H]3C[C@@H]3O[C@]5(C[C@H](O)[C@@H](C)CO5)[C@@H](C)[C@@]34O)O[C@H](CO)[C@@H](O)[C@@H]2O)[C@H](O)[C@H](O)[C@H]1O. The topological polar surface area (TPSA) is 245 Å². The van der Waals surface area contributed by atoms with E-state index in [0.29, 0.717) is 38.7 Å². The number of fused-ring (bicyclic) bond motifs is 7. The molecule has 1 spiro atoms. The van der Waals surface area contributed by atoms with Gasteiger partial charge in [0.05, 0.1) is 37.6 Å². The highest BCUT2D eigenvalue weighted by atomic mass is 16.7. The maximum Gasteiger partial charge on any atom is 0.192 e. The minimum atomic E-state index is -2.65. The van der Waals surface area contributed by atoms with Crippen LogP contribution in [0.15, 0.2) is 0 Å². The molecule has 0 aromatic rings. The summed E-state index contributed by atoms with van der Waals surface area (Å²) in [6, 6.07) is 0. The molecule has 0 aromatic carbocycles. The highest BCUT2D eigenvalue weighted by Crippen LogP contribution is 2.72. The van der Waals surface area contributed by atoms with Gasteiger partial charge in [-0.3, -0.25) is 4.79 Å². The Morgan fingerprint density at radius 1 is 0.870 bits per heavy atom. The van der Waals surface area contributed by atoms with Crippen molar-refractivity contribution in [3.63, 3.8) is 0 Å². The Morgan fingerprint density at radius 2 is 1.59 bits per heavy atom. The van der Waals surface area contributed by atoms with Crippen LogP contribution in [-0.2, 0) is 28.5 Å². The maximum absolute atomic E-state index is 14.3. The summed E-state index contributed by atoms with van der Waals surface area (Å²) in [7, 11) is 0. The fraction of sp³-hybridized carbons (Fsp3) is 0.974. The first-order valence-electron chi connectivity index (χ1n) is 20.2. The zero-order valence-electron chi connectivity index (χ0n) is 31.9. The third-order valence-corrected chi connectivity index (χ3v) is 16.7. The minimum absolute atomic E-state index is 0.0207. The lowest BCUT2D eigenvalue weighted by atomic mass is 9.43. The first kappa shape index (κ1) is 39.9. The Morgan fingerprint density at radius 3 is 2.28 bits per heavy atom. The Bertz CT molecular complexity index is 1450. The van der Waals surface area contributed by atoms with Gasteiger partial charge in [-0.25, -0.2) is 0 Å². The summed E-state index contributed by atoms with van der Waals surface area (Å²) in [4.78, 5) is 14.3. The van der Waals surface area contributed by atoms with Crippen LogP contribution in [0.25, 0.3) is 0 Å². The molecule has 23 atom stereocenters. The Hall–Kier alpha value is -0.890. The number of Topliss-reactive ketones (excluding diaryl/α,β-unsaturated/α-hetero) is 1. The standard InChI is InChI=1S/C39H62O15/c1-16-15-50-37(13-25(16)42)18(3)39(49)27(54-37)12-22-20-11-24(41)23-10-19(6-8-35(23,4)21(20)7-9-36(22,39)5)52-34-38(48,32(47)29(44)26(14-40)53-34)33-31(46)30(45)28(43)17(2)51-33/h16-23,25-34,40,42-49H,6-15H2,1-5H3/t16-,17-,18+,19-,20+,21-,22-,23+,25-,26+,27-,28-,29+,30+,31+,32-,33+,34+,35+,36-,37+,38-,39+/m0/s1. The van der Waals surface area contributed by atoms with Gasteiger partial charge in [0.25, 0.3) is 0 Å². The molecule has 0 amide bonds. The predicted octanol–water partition coefficient (Wildman–Crippen LogP) is -0.877. The summed E-state index contributed by atoms with van der Waals surface area (Å²) in [6.45, 7) is 9.33. The predicted molar refractivity (Wildman–Crippen MR) is 185 cm³/mol. The molecule has 4 aliphatic carbocycles. The smallest absolute Gasteiger partial charge is 0.192 e. The molecular weight excluding hydrogens is 708 g/mol. The van der Waals surface area contributed by atoms with Crippen LogP contribution in [0.2, 0.25) is 0 Å². The van der Waals surface area contributed by atoms with Crippen molar-refractivity contribution < 1.29 is 74.4 Å². The lowest BCUT2D eigenvalue weighted by molar-refractivity contribution is -0.392. The van der Waals surface area contributed by atoms with Crippen LogP contribution in [0, 0.1) is 46.3 Å². The van der Waals surface area contributed by atoms with Crippen molar-refractivity contribution in [3.05, 3.63) is 0 Å². The van der Waals surface area contributed by atoms with Crippen LogP contribution in [0.3, 0.4) is 0 Å². The number of ketones is 1. The zero-order chi connectivity index (χ0) is 39.1. The second-order valence-corrected chi connectivity index (χ2v) is 19.1. The molecule has 8 rings (SSSR count). The van der Waals surface area contributed by atoms with E-state index >= 15 is 0 Å². The Balaban J connectivity index is 1.01. The summed E-state index contributed by atoms with van der Waals surface area (Å²) >= 11 is 0. The van der Waals surface area contributed by atoms with E-state index in [1.165, 1.54) is 6.92 Å². The van der Waals surface area contributed by atoms with Crippen molar-refractivity contribution in [2.75, 3.05) is 13.2 Å². The third-order valence-electron chi connectivity index (χ3n) is 16.7. The molecular formula is C39H62O15. The largest absolute Gasteiger partial charge is 0.394 e. The van der Waals surface area contributed by atoms with Gasteiger partial charge in [-0.1, -0.05) is 27.7 Å². The first-order valence-corrected chi connectivity index (χ1v) is 20.2. The van der Waals surface area contributed by atoms with Crippen molar-refractivity contribution in [1.82, 2.24) is 0 Å². The van der Waals surface area contributed by atoms with Crippen molar-refractivity contribution >= 4 is 5.78 Å². The molecule has 4 aliphatic heterocycles. The number of ether oxygens (including phenoxy) is 5. The van der Waals surface area contributed by atoms with Crippen LogP contribution >= 0.6 is 0 Å². The molecule has 0 unspecified atom stereocenters. The van der Waals surface area contributed by atoms with Gasteiger partial charge in [0.1, 0.15) is 54.1 Å². The van der Waals surface area contributed by atoms with E-state index in [1.54, 1.807) is 0 Å². The van der Waals surface area contributed by atoms with E-state index in [0.717, 1.165) is 12.8 Å². The molecule has 9 N–H and O–H groups in total. The van der Waals surface area contributed by atoms with E-state index in [4.69, 9.17) is 23.7 Å². The molecule has 8 fully saturated rings. The highest BCUT2D eigenvalue weighted by molar-refractivity contribution is 5.83. The number of hydrogen-bond donors (Lipinski definition) is 9. The van der Waals surface area contributed by atoms with Crippen LogP contribution in [0.1, 0.15) is 86.0 Å². The number of rotatable bonds is 4. The van der Waals surface area contributed by atoms with Gasteiger partial charge in [0, 0.05) is 36.0 Å². The van der Waals surface area contributed by atoms with Gasteiger partial charge in [0.15, 0.2) is 17.7 Å². The normalized spacial score (nSPS) is 61.5. The Kier molecular flexibility index (Phi) is 9.84. The van der Waals surface area contributed by atoms with E-state index in [9.17, 15) is 50.8 Å². The third kappa shape index (κ3) is 5.27. The van der Waals surface area contributed by atoms with Gasteiger partial charge in [-0.15, -0.1) is 0 Å². The van der Waals surface area contributed by atoms with E-state index in [-0.39, 0.29) is 47.2 Å². The quantitative estimate of drug-likeness (QED) is 0.158. The molecule has 0 radical (unpaired) electrons. The average Bonchev–Trinajstić information content (AvgIpc) is 3.49. The number of carbonyl (C=O) groups excluding carboxylic acids is 1. The van der Waals surface area contributed by atoms with Crippen LogP contribution in [-0.4, -0.2) is 155 Å². The second kappa shape index (κ2) is 13.3. The van der Waals surface area contributed by atoms with Gasteiger partial charge < -0.3 is 69.6 Å². The molecule has 0 aromatic heterocycles. The molecule has 0 bridgehead atoms. The van der Waals surface area contributed by atoms with Gasteiger partial charge >= 0.3 is 0 Å². The molecule has 15 nitrogen and oxygen atoms in total. The van der Waals surface area contributed by atoms with Crippen LogP contribution in [0.5, 0.6) is 0 Å². The maximum atomic E-state index is 14.3. The molecule has 15 heteroatoms. The lowest BCUT2D eigenvalue weighted by Gasteiger charge is -2.61. The molecule has 54 heavy (non-hydrogen) atoms. The Labute approximate surface area is 315 Å². The van der Waals surface area contributed by atoms with Crippen molar-refractivity contribution in [2.45, 2.75) is 176 Å². The van der Waals surface area contributed by atoms with Gasteiger partial charge in [-0.05, 0) is 68.6 Å². The average molecular weight is 771 g/mol. The monoisotopic (exact) mass is 770 g/mol. The van der Waals surface area contributed by atoms with E-state index < -0.39 is 108 Å². The molecule has 4 heterocycles. The summed E-state index contributed by atoms with van der Waals surface area (Å²) in [5.74, 6) is -1.46. The summed E-state index contributed by atoms with van der Waals surface area (Å²) in [5, 5.41) is 99.5. The number of carbonyl (C=O) groups is 1. The first-order chi connectivity index (χ1) is 25.3. The van der Waals surface area contributed by atoms with Crippen LogP contribution < -0.4 is 0 Å². The fourth-order valence-electron chi connectivity index (χ4n) is 13.2. The summed E-state index contributed by atoms with van der Waals surface area (Å²) in [6.07, 6.45) is -12.5. The fourth-order valence-corrected chi connectivity index (χ4v) is 13.2.